The zero-order chi connectivity index (χ0) is 10.1. The van der Waals surface area contributed by atoms with Gasteiger partial charge in [0.15, 0.2) is 0 Å². The number of benzene rings is 1. The van der Waals surface area contributed by atoms with Crippen LogP contribution < -0.4 is 5.73 Å². The lowest BCUT2D eigenvalue weighted by atomic mass is 9.99. The molecule has 0 amide bonds. The topological polar surface area (TPSA) is 26.0 Å². The van der Waals surface area contributed by atoms with Crippen LogP contribution in [-0.4, -0.2) is 5.25 Å². The van der Waals surface area contributed by atoms with Crippen LogP contribution in [0.25, 0.3) is 0 Å². The van der Waals surface area contributed by atoms with E-state index >= 15 is 0 Å². The van der Waals surface area contributed by atoms with Crippen molar-refractivity contribution in [3.05, 3.63) is 34.3 Å². The molecule has 1 heterocycles. The molecule has 1 aromatic carbocycles. The molecule has 2 atom stereocenters. The van der Waals surface area contributed by atoms with Gasteiger partial charge in [-0.05, 0) is 29.7 Å². The Morgan fingerprint density at radius 1 is 1.50 bits per heavy atom. The highest BCUT2D eigenvalue weighted by atomic mass is 35.5. The summed E-state index contributed by atoms with van der Waals surface area (Å²) in [6, 6.07) is 6.21. The van der Waals surface area contributed by atoms with Crippen molar-refractivity contribution in [3.63, 3.8) is 0 Å². The fourth-order valence-corrected chi connectivity index (χ4v) is 3.08. The van der Waals surface area contributed by atoms with Gasteiger partial charge >= 0.3 is 0 Å². The number of fused-ring (bicyclic) bond motifs is 1. The lowest BCUT2D eigenvalue weighted by molar-refractivity contribution is 0.651. The van der Waals surface area contributed by atoms with Crippen LogP contribution in [0.3, 0.4) is 0 Å². The van der Waals surface area contributed by atoms with Crippen molar-refractivity contribution in [1.82, 2.24) is 0 Å². The molecule has 0 aliphatic carbocycles. The molecule has 0 bridgehead atoms. The van der Waals surface area contributed by atoms with Crippen LogP contribution in [0.5, 0.6) is 0 Å². The maximum Gasteiger partial charge on any atom is 0.0409 e. The van der Waals surface area contributed by atoms with Crippen LogP contribution in [0.15, 0.2) is 18.2 Å². The second-order valence-electron chi connectivity index (χ2n) is 3.81. The molecule has 2 N–H and O–H groups in total. The third kappa shape index (κ3) is 2.08. The predicted octanol–water partition coefficient (Wildman–Crippen LogP) is 3.37. The first-order valence-electron chi connectivity index (χ1n) is 4.82. The van der Waals surface area contributed by atoms with Crippen molar-refractivity contribution in [3.8, 4) is 0 Å². The number of nitrogens with two attached hydrogens (primary N) is 1. The molecule has 1 aliphatic rings. The van der Waals surface area contributed by atoms with E-state index in [1.54, 1.807) is 0 Å². The van der Waals surface area contributed by atoms with Gasteiger partial charge in [-0.3, -0.25) is 0 Å². The minimum absolute atomic E-state index is 0.147. The van der Waals surface area contributed by atoms with Crippen LogP contribution >= 0.6 is 23.4 Å². The minimum Gasteiger partial charge on any atom is -0.324 e. The van der Waals surface area contributed by atoms with Gasteiger partial charge in [0.1, 0.15) is 0 Å². The van der Waals surface area contributed by atoms with E-state index in [2.05, 4.69) is 13.0 Å². The van der Waals surface area contributed by atoms with E-state index in [0.29, 0.717) is 5.25 Å². The zero-order valence-electron chi connectivity index (χ0n) is 8.16. The Bertz CT molecular complexity index is 340. The third-order valence-corrected chi connectivity index (χ3v) is 4.09. The molecule has 14 heavy (non-hydrogen) atoms. The number of hydrogen-bond acceptors (Lipinski definition) is 2. The van der Waals surface area contributed by atoms with E-state index in [0.717, 1.165) is 17.2 Å². The highest BCUT2D eigenvalue weighted by Crippen LogP contribution is 2.34. The molecule has 0 aromatic heterocycles. The third-order valence-electron chi connectivity index (χ3n) is 2.62. The molecule has 3 heteroatoms. The Kier molecular flexibility index (Phi) is 3.05. The molecular weight excluding hydrogens is 214 g/mol. The molecule has 0 saturated heterocycles. The molecule has 1 aliphatic heterocycles. The average Bonchev–Trinajstić information content (AvgIpc) is 2.27. The van der Waals surface area contributed by atoms with Crippen molar-refractivity contribution in [2.45, 2.75) is 30.4 Å². The lowest BCUT2D eigenvalue weighted by Gasteiger charge is -2.13. The Hall–Kier alpha value is -0.180. The van der Waals surface area contributed by atoms with Crippen molar-refractivity contribution in [2.75, 3.05) is 0 Å². The van der Waals surface area contributed by atoms with Crippen LogP contribution in [0.1, 0.15) is 30.5 Å². The fraction of sp³-hybridized carbons (Fsp3) is 0.455. The van der Waals surface area contributed by atoms with Gasteiger partial charge in [0, 0.05) is 22.1 Å². The molecule has 2 rings (SSSR count). The Morgan fingerprint density at radius 2 is 2.29 bits per heavy atom. The second-order valence-corrected chi connectivity index (χ2v) is 5.67. The molecule has 1 aromatic rings. The second kappa shape index (κ2) is 4.13. The number of hydrogen-bond donors (Lipinski definition) is 1. The molecule has 76 valence electrons. The normalized spacial score (nSPS) is 26.8. The Labute approximate surface area is 94.0 Å². The highest BCUT2D eigenvalue weighted by Gasteiger charge is 2.19. The van der Waals surface area contributed by atoms with Gasteiger partial charge in [0.2, 0.25) is 0 Å². The fourth-order valence-electron chi connectivity index (χ4n) is 1.83. The maximum atomic E-state index is 6.13. The molecule has 0 fully saturated rings. The quantitative estimate of drug-likeness (QED) is 0.736. The average molecular weight is 228 g/mol. The first-order chi connectivity index (χ1) is 6.66. The molecule has 2 unspecified atom stereocenters. The molecule has 0 saturated carbocycles. The summed E-state index contributed by atoms with van der Waals surface area (Å²) in [4.78, 5) is 0. The number of rotatable bonds is 0. The van der Waals surface area contributed by atoms with Gasteiger partial charge < -0.3 is 5.73 Å². The van der Waals surface area contributed by atoms with E-state index in [9.17, 15) is 0 Å². The van der Waals surface area contributed by atoms with Crippen molar-refractivity contribution < 1.29 is 0 Å². The summed E-state index contributed by atoms with van der Waals surface area (Å²) in [6.45, 7) is 2.23. The van der Waals surface area contributed by atoms with Gasteiger partial charge in [-0.25, -0.2) is 0 Å². The van der Waals surface area contributed by atoms with Gasteiger partial charge in [-0.15, -0.1) is 0 Å². The van der Waals surface area contributed by atoms with Crippen molar-refractivity contribution in [2.24, 2.45) is 5.73 Å². The maximum absolute atomic E-state index is 6.13. The van der Waals surface area contributed by atoms with E-state index in [4.69, 9.17) is 17.3 Å². The van der Waals surface area contributed by atoms with E-state index < -0.39 is 0 Å². The summed E-state index contributed by atoms with van der Waals surface area (Å²) in [5.41, 5.74) is 8.71. The standard InChI is InChI=1S/C11H14ClNS/c1-7-4-11(13)10-5-9(12)3-2-8(10)6-14-7/h2-3,5,7,11H,4,6,13H2,1H3. The lowest BCUT2D eigenvalue weighted by Crippen LogP contribution is -2.14. The number of halogens is 1. The highest BCUT2D eigenvalue weighted by molar-refractivity contribution is 7.99. The summed E-state index contributed by atoms with van der Waals surface area (Å²) >= 11 is 7.94. The summed E-state index contributed by atoms with van der Waals surface area (Å²) in [6.07, 6.45) is 1.04. The SMILES string of the molecule is CC1CC(N)c2cc(Cl)ccc2CS1. The van der Waals surface area contributed by atoms with Crippen LogP contribution in [-0.2, 0) is 5.75 Å². The van der Waals surface area contributed by atoms with Crippen molar-refractivity contribution >= 4 is 23.4 Å². The first kappa shape index (κ1) is 10.3. The van der Waals surface area contributed by atoms with Gasteiger partial charge in [-0.2, -0.15) is 11.8 Å². The predicted molar refractivity (Wildman–Crippen MR) is 63.8 cm³/mol. The summed E-state index contributed by atoms with van der Waals surface area (Å²) in [5, 5.41) is 1.43. The largest absolute Gasteiger partial charge is 0.324 e. The smallest absolute Gasteiger partial charge is 0.0409 e. The van der Waals surface area contributed by atoms with E-state index in [1.807, 2.05) is 23.9 Å². The molecule has 0 spiro atoms. The van der Waals surface area contributed by atoms with Crippen molar-refractivity contribution in [1.29, 1.82) is 0 Å². The first-order valence-corrected chi connectivity index (χ1v) is 6.25. The minimum atomic E-state index is 0.147. The van der Waals surface area contributed by atoms with Crippen LogP contribution in [0.4, 0.5) is 0 Å². The van der Waals surface area contributed by atoms with E-state index in [1.165, 1.54) is 11.1 Å². The number of thioether (sulfide) groups is 1. The summed E-state index contributed by atoms with van der Waals surface area (Å²) < 4.78 is 0. The van der Waals surface area contributed by atoms with Crippen LogP contribution in [0.2, 0.25) is 5.02 Å². The Balaban J connectivity index is 2.39. The Morgan fingerprint density at radius 3 is 3.07 bits per heavy atom. The van der Waals surface area contributed by atoms with Gasteiger partial charge in [-0.1, -0.05) is 24.6 Å². The van der Waals surface area contributed by atoms with E-state index in [-0.39, 0.29) is 6.04 Å². The molecule has 1 nitrogen and oxygen atoms in total. The summed E-state index contributed by atoms with van der Waals surface area (Å²) in [7, 11) is 0. The molecule has 0 radical (unpaired) electrons. The molecular formula is C11H14ClNS. The monoisotopic (exact) mass is 227 g/mol. The van der Waals surface area contributed by atoms with Crippen LogP contribution in [0, 0.1) is 0 Å². The van der Waals surface area contributed by atoms with Gasteiger partial charge in [0.25, 0.3) is 0 Å². The van der Waals surface area contributed by atoms with Gasteiger partial charge in [0.05, 0.1) is 0 Å². The summed E-state index contributed by atoms with van der Waals surface area (Å²) in [5.74, 6) is 1.06. The zero-order valence-corrected chi connectivity index (χ0v) is 9.74.